The fourth-order valence-corrected chi connectivity index (χ4v) is 6.69. The molecule has 55 heavy (non-hydrogen) atoms. The molecule has 0 heterocycles. The van der Waals surface area contributed by atoms with Crippen molar-refractivity contribution in [1.29, 1.82) is 0 Å². The summed E-state index contributed by atoms with van der Waals surface area (Å²) in [5.41, 5.74) is 5.35. The fourth-order valence-electron chi connectivity index (χ4n) is 5.91. The number of rotatable bonds is 42. The molecule has 0 saturated carbocycles. The SMILES string of the molecule is CCCC/C=C\CCCCCCCC(=O)OC(COCCCCCCCCCCCC/C=C\C/C=C\CCCCCCC)COP(=O)(O)OCC(N)C(=O)O. The summed E-state index contributed by atoms with van der Waals surface area (Å²) in [6.45, 7) is 3.82. The minimum absolute atomic E-state index is 0.0122. The molecule has 4 N–H and O–H groups in total. The third-order valence-electron chi connectivity index (χ3n) is 9.39. The van der Waals surface area contributed by atoms with Gasteiger partial charge in [0.25, 0.3) is 0 Å². The van der Waals surface area contributed by atoms with E-state index in [9.17, 15) is 19.0 Å². The van der Waals surface area contributed by atoms with Gasteiger partial charge in [-0.05, 0) is 64.2 Å². The molecule has 0 aromatic rings. The highest BCUT2D eigenvalue weighted by molar-refractivity contribution is 7.47. The Morgan fingerprint density at radius 1 is 0.582 bits per heavy atom. The quantitative estimate of drug-likeness (QED) is 0.0235. The highest BCUT2D eigenvalue weighted by Gasteiger charge is 2.27. The van der Waals surface area contributed by atoms with Crippen molar-refractivity contribution in [3.05, 3.63) is 36.5 Å². The van der Waals surface area contributed by atoms with Crippen molar-refractivity contribution in [3.63, 3.8) is 0 Å². The minimum atomic E-state index is -4.61. The minimum Gasteiger partial charge on any atom is -0.480 e. The van der Waals surface area contributed by atoms with E-state index in [0.717, 1.165) is 64.2 Å². The van der Waals surface area contributed by atoms with Crippen LogP contribution in [0, 0.1) is 0 Å². The van der Waals surface area contributed by atoms with Crippen LogP contribution in [0.25, 0.3) is 0 Å². The Kier molecular flexibility index (Phi) is 39.1. The van der Waals surface area contributed by atoms with E-state index in [4.69, 9.17) is 29.4 Å². The first-order chi connectivity index (χ1) is 26.7. The number of carbonyl (C=O) groups is 2. The molecule has 3 unspecified atom stereocenters. The summed E-state index contributed by atoms with van der Waals surface area (Å²) in [7, 11) is -4.61. The van der Waals surface area contributed by atoms with Gasteiger partial charge in [0, 0.05) is 13.0 Å². The number of phosphoric ester groups is 1. The van der Waals surface area contributed by atoms with Gasteiger partial charge in [0.2, 0.25) is 0 Å². The van der Waals surface area contributed by atoms with Gasteiger partial charge in [0.1, 0.15) is 12.1 Å². The molecule has 0 saturated heterocycles. The molecule has 0 aliphatic rings. The Hall–Kier alpha value is -1.81. The molecular formula is C44H82NO9P. The number of carbonyl (C=O) groups excluding carboxylic acids is 1. The summed E-state index contributed by atoms with van der Waals surface area (Å²) in [4.78, 5) is 33.4. The van der Waals surface area contributed by atoms with E-state index in [1.165, 1.54) is 103 Å². The molecule has 0 aliphatic carbocycles. The van der Waals surface area contributed by atoms with Gasteiger partial charge in [0.05, 0.1) is 19.8 Å². The predicted molar refractivity (Wildman–Crippen MR) is 226 cm³/mol. The average molecular weight is 800 g/mol. The van der Waals surface area contributed by atoms with Crippen molar-refractivity contribution < 1.29 is 42.7 Å². The molecule has 0 fully saturated rings. The van der Waals surface area contributed by atoms with Crippen LogP contribution in [0.2, 0.25) is 0 Å². The molecule has 0 aromatic carbocycles. The molecule has 0 aliphatic heterocycles. The van der Waals surface area contributed by atoms with Gasteiger partial charge in [-0.3, -0.25) is 18.6 Å². The maximum Gasteiger partial charge on any atom is 0.472 e. The number of unbranched alkanes of at least 4 members (excludes halogenated alkanes) is 22. The third kappa shape index (κ3) is 40.2. The first kappa shape index (κ1) is 53.2. The maximum absolute atomic E-state index is 12.6. The summed E-state index contributed by atoms with van der Waals surface area (Å²) < 4.78 is 33.3. The molecule has 0 amide bonds. The summed E-state index contributed by atoms with van der Waals surface area (Å²) in [5, 5.41) is 8.88. The zero-order valence-electron chi connectivity index (χ0n) is 35.0. The summed E-state index contributed by atoms with van der Waals surface area (Å²) in [5.74, 6) is -1.79. The molecule has 322 valence electrons. The Labute approximate surface area is 336 Å². The number of carboxylic acids is 1. The number of nitrogens with two attached hydrogens (primary N) is 1. The lowest BCUT2D eigenvalue weighted by molar-refractivity contribution is -0.154. The molecule has 0 radical (unpaired) electrons. The molecule has 0 rings (SSSR count). The van der Waals surface area contributed by atoms with Gasteiger partial charge in [-0.2, -0.15) is 0 Å². The maximum atomic E-state index is 12.6. The van der Waals surface area contributed by atoms with Gasteiger partial charge in [-0.1, -0.05) is 159 Å². The van der Waals surface area contributed by atoms with E-state index in [2.05, 4.69) is 50.3 Å². The van der Waals surface area contributed by atoms with Crippen LogP contribution < -0.4 is 5.73 Å². The molecule has 3 atom stereocenters. The topological polar surface area (TPSA) is 155 Å². The number of esters is 1. The molecule has 0 bridgehead atoms. The largest absolute Gasteiger partial charge is 0.480 e. The number of phosphoric acid groups is 1. The van der Waals surface area contributed by atoms with Crippen LogP contribution in [0.5, 0.6) is 0 Å². The Morgan fingerprint density at radius 2 is 1.02 bits per heavy atom. The standard InChI is InChI=1S/C44H82NO9P/c1-3-5-7-9-11-13-15-16-17-18-19-20-21-22-23-24-25-27-29-31-33-35-37-51-38-41(39-52-55(49,50)53-40-42(45)44(47)48)54-43(46)36-34-32-30-28-26-14-12-10-8-6-4-2/h10,12,15-16,18-19,41-42H,3-9,11,13-14,17,20-40,45H2,1-2H3,(H,47,48)(H,49,50)/b12-10-,16-15-,19-18-. The first-order valence-corrected chi connectivity index (χ1v) is 23.5. The van der Waals surface area contributed by atoms with E-state index in [-0.39, 0.29) is 13.0 Å². The number of aliphatic carboxylic acids is 1. The highest BCUT2D eigenvalue weighted by atomic mass is 31.2. The zero-order chi connectivity index (χ0) is 40.5. The van der Waals surface area contributed by atoms with Crippen molar-refractivity contribution >= 4 is 19.8 Å². The van der Waals surface area contributed by atoms with Gasteiger partial charge in [0.15, 0.2) is 0 Å². The van der Waals surface area contributed by atoms with E-state index >= 15 is 0 Å². The fraction of sp³-hybridized carbons (Fsp3) is 0.818. The van der Waals surface area contributed by atoms with Gasteiger partial charge in [-0.25, -0.2) is 4.57 Å². The lowest BCUT2D eigenvalue weighted by Crippen LogP contribution is -2.34. The third-order valence-corrected chi connectivity index (χ3v) is 10.3. The van der Waals surface area contributed by atoms with E-state index in [1.807, 2.05) is 0 Å². The number of hydrogen-bond acceptors (Lipinski definition) is 8. The van der Waals surface area contributed by atoms with Crippen LogP contribution in [-0.2, 0) is 32.7 Å². The lowest BCUT2D eigenvalue weighted by atomic mass is 10.1. The van der Waals surface area contributed by atoms with Crippen molar-refractivity contribution in [2.75, 3.05) is 26.4 Å². The van der Waals surface area contributed by atoms with Gasteiger partial charge >= 0.3 is 19.8 Å². The van der Waals surface area contributed by atoms with Crippen LogP contribution in [0.3, 0.4) is 0 Å². The molecule has 10 nitrogen and oxygen atoms in total. The van der Waals surface area contributed by atoms with E-state index in [0.29, 0.717) is 13.0 Å². The highest BCUT2D eigenvalue weighted by Crippen LogP contribution is 2.43. The molecular weight excluding hydrogens is 717 g/mol. The Morgan fingerprint density at radius 3 is 1.55 bits per heavy atom. The summed E-state index contributed by atoms with van der Waals surface area (Å²) in [6.07, 6.45) is 44.9. The number of allylic oxidation sites excluding steroid dienone is 6. The summed E-state index contributed by atoms with van der Waals surface area (Å²) in [6, 6.07) is -1.47. The van der Waals surface area contributed by atoms with Crippen LogP contribution in [-0.4, -0.2) is 60.5 Å². The Balaban J connectivity index is 4.14. The molecule has 11 heteroatoms. The molecule has 0 spiro atoms. The Bertz CT molecular complexity index is 1020. The van der Waals surface area contributed by atoms with Crippen LogP contribution >= 0.6 is 7.82 Å². The van der Waals surface area contributed by atoms with E-state index < -0.39 is 45.1 Å². The zero-order valence-corrected chi connectivity index (χ0v) is 35.9. The van der Waals surface area contributed by atoms with Crippen LogP contribution in [0.4, 0.5) is 0 Å². The van der Waals surface area contributed by atoms with Crippen molar-refractivity contribution in [2.24, 2.45) is 5.73 Å². The van der Waals surface area contributed by atoms with Crippen LogP contribution in [0.1, 0.15) is 194 Å². The second-order valence-electron chi connectivity index (χ2n) is 14.8. The number of carboxylic acid groups (broad SMARTS) is 1. The van der Waals surface area contributed by atoms with Crippen LogP contribution in [0.15, 0.2) is 36.5 Å². The van der Waals surface area contributed by atoms with Gasteiger partial charge < -0.3 is 25.2 Å². The molecule has 0 aromatic heterocycles. The first-order valence-electron chi connectivity index (χ1n) is 22.0. The normalized spacial score (nSPS) is 14.3. The van der Waals surface area contributed by atoms with Crippen molar-refractivity contribution in [3.8, 4) is 0 Å². The number of hydrogen-bond donors (Lipinski definition) is 3. The van der Waals surface area contributed by atoms with Gasteiger partial charge in [-0.15, -0.1) is 0 Å². The monoisotopic (exact) mass is 800 g/mol. The van der Waals surface area contributed by atoms with Crippen molar-refractivity contribution in [2.45, 2.75) is 206 Å². The summed E-state index contributed by atoms with van der Waals surface area (Å²) >= 11 is 0. The average Bonchev–Trinajstić information content (AvgIpc) is 3.16. The smallest absolute Gasteiger partial charge is 0.472 e. The lowest BCUT2D eigenvalue weighted by Gasteiger charge is -2.20. The predicted octanol–water partition coefficient (Wildman–Crippen LogP) is 12.1. The van der Waals surface area contributed by atoms with Crippen molar-refractivity contribution in [1.82, 2.24) is 0 Å². The second kappa shape index (κ2) is 40.4. The number of ether oxygens (including phenoxy) is 2. The second-order valence-corrected chi connectivity index (χ2v) is 16.3. The van der Waals surface area contributed by atoms with E-state index in [1.54, 1.807) is 0 Å².